The Morgan fingerprint density at radius 3 is 2.73 bits per heavy atom. The van der Waals surface area contributed by atoms with Crippen LogP contribution in [-0.4, -0.2) is 24.0 Å². The molecule has 0 fully saturated rings. The Hall–Kier alpha value is -1.03. The molecule has 1 N–H and O–H groups in total. The number of carbonyl (C=O) groups is 1. The normalized spacial score (nSPS) is 12.7. The van der Waals surface area contributed by atoms with Gasteiger partial charge in [-0.1, -0.05) is 20.3 Å². The Bertz CT molecular complexity index is 189. The number of hydrogen-bond donors (Lipinski definition) is 1. The molecule has 0 bridgehead atoms. The zero-order valence-electron chi connectivity index (χ0n) is 9.44. The first kappa shape index (κ1) is 14.0. The van der Waals surface area contributed by atoms with E-state index in [4.69, 9.17) is 4.74 Å². The van der Waals surface area contributed by atoms with Gasteiger partial charge in [0.05, 0.1) is 18.9 Å². The van der Waals surface area contributed by atoms with E-state index in [1.807, 2.05) is 13.8 Å². The first-order chi connectivity index (χ1) is 7.20. The summed E-state index contributed by atoms with van der Waals surface area (Å²) in [5.41, 5.74) is 0. The summed E-state index contributed by atoms with van der Waals surface area (Å²) in [6, 6.07) is 0. The number of esters is 1. The molecule has 1 unspecified atom stereocenters. The summed E-state index contributed by atoms with van der Waals surface area (Å²) >= 11 is 0. The molecule has 0 radical (unpaired) electrons. The molecule has 1 atom stereocenters. The average molecular weight is 216 g/mol. The lowest BCUT2D eigenvalue weighted by Crippen LogP contribution is -2.15. The van der Waals surface area contributed by atoms with E-state index in [1.54, 1.807) is 0 Å². The summed E-state index contributed by atoms with van der Waals surface area (Å²) in [4.78, 5) is 11.0. The number of aliphatic hydroxyl groups is 1. The van der Waals surface area contributed by atoms with E-state index in [1.165, 1.54) is 12.3 Å². The van der Waals surface area contributed by atoms with Crippen molar-refractivity contribution in [1.82, 2.24) is 0 Å². The number of carbonyl (C=O) groups excluding carboxylic acids is 1. The molecular formula is C11H20O4. The third-order valence-electron chi connectivity index (χ3n) is 1.68. The highest BCUT2D eigenvalue weighted by Crippen LogP contribution is 2.02. The monoisotopic (exact) mass is 216 g/mol. The van der Waals surface area contributed by atoms with Crippen LogP contribution in [0.3, 0.4) is 0 Å². The molecule has 4 heteroatoms. The van der Waals surface area contributed by atoms with Crippen LogP contribution in [0.2, 0.25) is 0 Å². The quantitative estimate of drug-likeness (QED) is 0.221. The average Bonchev–Trinajstić information content (AvgIpc) is 2.21. The SMILES string of the molecule is CCCCC(O)OC(=O)C=COCCC. The maximum Gasteiger partial charge on any atom is 0.336 e. The van der Waals surface area contributed by atoms with Crippen LogP contribution < -0.4 is 0 Å². The van der Waals surface area contributed by atoms with Crippen LogP contribution in [0.4, 0.5) is 0 Å². The van der Waals surface area contributed by atoms with Crippen molar-refractivity contribution in [2.24, 2.45) is 0 Å². The Morgan fingerprint density at radius 2 is 2.13 bits per heavy atom. The summed E-state index contributed by atoms with van der Waals surface area (Å²) in [5.74, 6) is -0.574. The molecular weight excluding hydrogens is 196 g/mol. The van der Waals surface area contributed by atoms with Crippen LogP contribution in [0.15, 0.2) is 12.3 Å². The minimum atomic E-state index is -1.01. The van der Waals surface area contributed by atoms with E-state index in [0.717, 1.165) is 19.3 Å². The predicted molar refractivity (Wildman–Crippen MR) is 57.0 cm³/mol. The standard InChI is InChI=1S/C11H20O4/c1-3-5-6-10(12)15-11(13)7-9-14-8-4-2/h7,9-10,12H,3-6,8H2,1-2H3. The molecule has 0 spiro atoms. The predicted octanol–water partition coefficient (Wildman–Crippen LogP) is 1.98. The summed E-state index contributed by atoms with van der Waals surface area (Å²) in [6.45, 7) is 4.55. The van der Waals surface area contributed by atoms with Crippen molar-refractivity contribution in [1.29, 1.82) is 0 Å². The topological polar surface area (TPSA) is 55.8 Å². The Labute approximate surface area is 90.9 Å². The van der Waals surface area contributed by atoms with Gasteiger partial charge in [0.25, 0.3) is 0 Å². The summed E-state index contributed by atoms with van der Waals surface area (Å²) < 4.78 is 9.64. The van der Waals surface area contributed by atoms with Gasteiger partial charge in [-0.2, -0.15) is 0 Å². The summed E-state index contributed by atoms with van der Waals surface area (Å²) in [5, 5.41) is 9.24. The second kappa shape index (κ2) is 9.52. The van der Waals surface area contributed by atoms with Gasteiger partial charge < -0.3 is 14.6 Å². The van der Waals surface area contributed by atoms with Crippen LogP contribution in [0.1, 0.15) is 39.5 Å². The third kappa shape index (κ3) is 9.28. The minimum Gasteiger partial charge on any atom is -0.501 e. The fourth-order valence-electron chi connectivity index (χ4n) is 0.901. The first-order valence-corrected chi connectivity index (χ1v) is 5.37. The number of ether oxygens (including phenoxy) is 2. The molecule has 0 aromatic rings. The van der Waals surface area contributed by atoms with E-state index < -0.39 is 12.3 Å². The second-order valence-electron chi connectivity index (χ2n) is 3.21. The summed E-state index contributed by atoms with van der Waals surface area (Å²) in [7, 11) is 0. The van der Waals surface area contributed by atoms with Gasteiger partial charge in [0.15, 0.2) is 0 Å². The zero-order chi connectivity index (χ0) is 11.5. The highest BCUT2D eigenvalue weighted by atomic mass is 16.6. The molecule has 0 saturated carbocycles. The smallest absolute Gasteiger partial charge is 0.336 e. The molecule has 0 aliphatic rings. The van der Waals surface area contributed by atoms with E-state index in [2.05, 4.69) is 4.74 Å². The van der Waals surface area contributed by atoms with Crippen molar-refractivity contribution in [3.05, 3.63) is 12.3 Å². The zero-order valence-corrected chi connectivity index (χ0v) is 9.44. The fraction of sp³-hybridized carbons (Fsp3) is 0.727. The van der Waals surface area contributed by atoms with Crippen LogP contribution >= 0.6 is 0 Å². The highest BCUT2D eigenvalue weighted by molar-refractivity contribution is 5.81. The molecule has 0 aromatic carbocycles. The molecule has 0 aliphatic heterocycles. The Morgan fingerprint density at radius 1 is 1.40 bits per heavy atom. The van der Waals surface area contributed by atoms with E-state index in [0.29, 0.717) is 13.0 Å². The van der Waals surface area contributed by atoms with Gasteiger partial charge >= 0.3 is 5.97 Å². The van der Waals surface area contributed by atoms with Gasteiger partial charge in [-0.15, -0.1) is 0 Å². The van der Waals surface area contributed by atoms with Gasteiger partial charge in [0.2, 0.25) is 6.29 Å². The van der Waals surface area contributed by atoms with E-state index in [-0.39, 0.29) is 0 Å². The largest absolute Gasteiger partial charge is 0.501 e. The maximum atomic E-state index is 11.0. The molecule has 4 nitrogen and oxygen atoms in total. The molecule has 0 amide bonds. The highest BCUT2D eigenvalue weighted by Gasteiger charge is 2.07. The van der Waals surface area contributed by atoms with Crippen molar-refractivity contribution in [3.8, 4) is 0 Å². The van der Waals surface area contributed by atoms with Gasteiger partial charge in [-0.25, -0.2) is 4.79 Å². The van der Waals surface area contributed by atoms with Gasteiger partial charge in [0, 0.05) is 6.42 Å². The second-order valence-corrected chi connectivity index (χ2v) is 3.21. The van der Waals surface area contributed by atoms with Crippen molar-refractivity contribution in [2.75, 3.05) is 6.61 Å². The van der Waals surface area contributed by atoms with Crippen LogP contribution in [0.5, 0.6) is 0 Å². The van der Waals surface area contributed by atoms with Gasteiger partial charge in [-0.3, -0.25) is 0 Å². The molecule has 0 saturated heterocycles. The van der Waals surface area contributed by atoms with Crippen LogP contribution in [-0.2, 0) is 14.3 Å². The minimum absolute atomic E-state index is 0.478. The van der Waals surface area contributed by atoms with Crippen molar-refractivity contribution >= 4 is 5.97 Å². The maximum absolute atomic E-state index is 11.0. The van der Waals surface area contributed by atoms with Crippen LogP contribution in [0, 0.1) is 0 Å². The van der Waals surface area contributed by atoms with Gasteiger partial charge in [0.1, 0.15) is 0 Å². The van der Waals surface area contributed by atoms with Crippen molar-refractivity contribution < 1.29 is 19.4 Å². The lowest BCUT2D eigenvalue weighted by atomic mass is 10.2. The molecule has 0 aromatic heterocycles. The Kier molecular flexibility index (Phi) is 8.87. The Balaban J connectivity index is 3.58. The lowest BCUT2D eigenvalue weighted by Gasteiger charge is -2.09. The fourth-order valence-corrected chi connectivity index (χ4v) is 0.901. The number of hydrogen-bond acceptors (Lipinski definition) is 4. The van der Waals surface area contributed by atoms with Gasteiger partial charge in [-0.05, 0) is 12.8 Å². The van der Waals surface area contributed by atoms with Crippen molar-refractivity contribution in [3.63, 3.8) is 0 Å². The van der Waals surface area contributed by atoms with E-state index >= 15 is 0 Å². The summed E-state index contributed by atoms with van der Waals surface area (Å²) in [6.07, 6.45) is 4.62. The molecule has 0 rings (SSSR count). The molecule has 0 aliphatic carbocycles. The number of unbranched alkanes of at least 4 members (excludes halogenated alkanes) is 1. The van der Waals surface area contributed by atoms with Crippen LogP contribution in [0.25, 0.3) is 0 Å². The molecule has 15 heavy (non-hydrogen) atoms. The molecule has 88 valence electrons. The molecule has 0 heterocycles. The third-order valence-corrected chi connectivity index (χ3v) is 1.68. The lowest BCUT2D eigenvalue weighted by molar-refractivity contribution is -0.162. The number of aliphatic hydroxyl groups excluding tert-OH is 1. The first-order valence-electron chi connectivity index (χ1n) is 5.37. The number of rotatable bonds is 8. The van der Waals surface area contributed by atoms with Crippen molar-refractivity contribution in [2.45, 2.75) is 45.8 Å². The van der Waals surface area contributed by atoms with E-state index in [9.17, 15) is 9.90 Å².